The molecule has 1 heterocycles. The fraction of sp³-hybridized carbons (Fsp3) is 0.375. The van der Waals surface area contributed by atoms with E-state index >= 15 is 0 Å². The number of carbonyl (C=O) groups excluding carboxylic acids is 1. The minimum absolute atomic E-state index is 0.0808. The predicted octanol–water partition coefficient (Wildman–Crippen LogP) is 5.28. The molecule has 2 aromatic rings. The second kappa shape index (κ2) is 8.18. The van der Waals surface area contributed by atoms with Crippen LogP contribution in [0.4, 0.5) is 5.69 Å². The van der Waals surface area contributed by atoms with Gasteiger partial charge in [0.2, 0.25) is 0 Å². The summed E-state index contributed by atoms with van der Waals surface area (Å²) in [5.74, 6) is 2.26. The minimum Gasteiger partial charge on any atom is -0.542 e. The van der Waals surface area contributed by atoms with Gasteiger partial charge >= 0.3 is 0 Å². The molecule has 1 fully saturated rings. The van der Waals surface area contributed by atoms with Crippen LogP contribution in [0.1, 0.15) is 37.9 Å². The van der Waals surface area contributed by atoms with Gasteiger partial charge in [-0.05, 0) is 54.9 Å². The molecule has 3 rings (SSSR count). The van der Waals surface area contributed by atoms with Gasteiger partial charge in [0, 0.05) is 22.4 Å². The van der Waals surface area contributed by atoms with E-state index < -0.39 is 9.04 Å². The van der Waals surface area contributed by atoms with Gasteiger partial charge in [0.1, 0.15) is 17.2 Å². The molecule has 0 saturated carbocycles. The first kappa shape index (κ1) is 22.0. The Morgan fingerprint density at radius 2 is 1.63 bits per heavy atom. The number of amides is 1. The summed E-state index contributed by atoms with van der Waals surface area (Å²) in [6.07, 6.45) is 0. The van der Waals surface area contributed by atoms with Crippen LogP contribution >= 0.6 is 0 Å². The number of ether oxygens (including phenoxy) is 2. The molecule has 1 atom stereocenters. The predicted molar refractivity (Wildman–Crippen MR) is 122 cm³/mol. The van der Waals surface area contributed by atoms with Gasteiger partial charge < -0.3 is 13.9 Å². The van der Waals surface area contributed by atoms with Crippen molar-refractivity contribution >= 4 is 20.6 Å². The Morgan fingerprint density at radius 1 is 1.00 bits per heavy atom. The lowest BCUT2D eigenvalue weighted by atomic mass is 9.80. The smallest absolute Gasteiger partial charge is 0.274 e. The number of nitrogens with zero attached hydrogens (tertiary/aromatic N) is 1. The number of β-lactam (4-membered cyclic amide) rings is 1. The van der Waals surface area contributed by atoms with Crippen molar-refractivity contribution in [2.45, 2.75) is 45.3 Å². The average molecular weight is 425 g/mol. The number of rotatable bonds is 6. The van der Waals surface area contributed by atoms with Crippen LogP contribution < -0.4 is 18.8 Å². The lowest BCUT2D eigenvalue weighted by molar-refractivity contribution is -0.119. The zero-order chi connectivity index (χ0) is 22.2. The van der Waals surface area contributed by atoms with Crippen LogP contribution in [-0.4, -0.2) is 29.2 Å². The molecule has 0 bridgehead atoms. The number of hydrogen-bond acceptors (Lipinski definition) is 4. The van der Waals surface area contributed by atoms with E-state index in [1.807, 2.05) is 36.4 Å². The van der Waals surface area contributed by atoms with Crippen molar-refractivity contribution in [2.75, 3.05) is 19.1 Å². The van der Waals surface area contributed by atoms with Gasteiger partial charge in [0.05, 0.1) is 20.3 Å². The third-order valence-corrected chi connectivity index (χ3v) is 5.77. The molecular weight excluding hydrogens is 394 g/mol. The highest BCUT2D eigenvalue weighted by Crippen LogP contribution is 2.50. The highest BCUT2D eigenvalue weighted by molar-refractivity contribution is 6.49. The third kappa shape index (κ3) is 3.84. The van der Waals surface area contributed by atoms with E-state index in [2.05, 4.69) is 40.4 Å². The van der Waals surface area contributed by atoms with Crippen molar-refractivity contribution in [3.8, 4) is 17.2 Å². The summed E-state index contributed by atoms with van der Waals surface area (Å²) in [7, 11) is 2.24. The van der Waals surface area contributed by atoms with Gasteiger partial charge in [0.25, 0.3) is 14.9 Å². The second-order valence-electron chi connectivity index (χ2n) is 8.62. The Hall–Kier alpha value is -2.73. The molecule has 6 heteroatoms. The monoisotopic (exact) mass is 424 g/mol. The number of anilines is 1. The van der Waals surface area contributed by atoms with Crippen molar-refractivity contribution in [3.05, 3.63) is 59.7 Å². The lowest BCUT2D eigenvalue weighted by Gasteiger charge is -2.44. The maximum atomic E-state index is 12.8. The largest absolute Gasteiger partial charge is 0.542 e. The normalized spacial score (nSPS) is 16.5. The summed E-state index contributed by atoms with van der Waals surface area (Å²) in [6, 6.07) is 11.2. The number of carbonyl (C=O) groups is 1. The summed E-state index contributed by atoms with van der Waals surface area (Å²) in [5, 5.41) is 0. The standard InChI is InChI=1S/C24H30NO4Si/c1-15-21(25(23(15)26)16-9-11-17(27-5)12-10-16)18-13-14-19(28-6)20(24(2,3)4)22(18)29-30(7)8/h9-14,21H,1H2,2-8H3/t21-/m1/s1. The van der Waals surface area contributed by atoms with Crippen LogP contribution in [-0.2, 0) is 10.2 Å². The van der Waals surface area contributed by atoms with Gasteiger partial charge in [-0.3, -0.25) is 9.69 Å². The van der Waals surface area contributed by atoms with Crippen molar-refractivity contribution in [3.63, 3.8) is 0 Å². The molecule has 5 nitrogen and oxygen atoms in total. The Kier molecular flexibility index (Phi) is 5.99. The molecule has 0 aromatic heterocycles. The van der Waals surface area contributed by atoms with Crippen molar-refractivity contribution in [1.29, 1.82) is 0 Å². The van der Waals surface area contributed by atoms with Crippen LogP contribution in [0.3, 0.4) is 0 Å². The van der Waals surface area contributed by atoms with E-state index in [1.165, 1.54) is 0 Å². The van der Waals surface area contributed by atoms with E-state index in [-0.39, 0.29) is 17.4 Å². The molecule has 1 amide bonds. The van der Waals surface area contributed by atoms with Crippen LogP contribution in [0.25, 0.3) is 0 Å². The highest BCUT2D eigenvalue weighted by atomic mass is 28.3. The quantitative estimate of drug-likeness (QED) is 0.360. The molecule has 0 spiro atoms. The SMILES string of the molecule is C=C1C(=O)N(c2ccc(OC)cc2)[C@H]1c1ccc(OC)c(C(C)(C)C)c1O[Si](C)C. The van der Waals surface area contributed by atoms with Gasteiger partial charge in [-0.2, -0.15) is 0 Å². The molecule has 1 saturated heterocycles. The topological polar surface area (TPSA) is 48.0 Å². The molecule has 0 unspecified atom stereocenters. The van der Waals surface area contributed by atoms with Crippen molar-refractivity contribution < 1.29 is 18.7 Å². The Labute approximate surface area is 181 Å². The van der Waals surface area contributed by atoms with Crippen LogP contribution in [0.5, 0.6) is 17.2 Å². The molecule has 1 aliphatic rings. The van der Waals surface area contributed by atoms with Gasteiger partial charge in [-0.1, -0.05) is 27.4 Å². The molecule has 2 aromatic carbocycles. The van der Waals surface area contributed by atoms with E-state index in [1.54, 1.807) is 19.1 Å². The fourth-order valence-corrected chi connectivity index (χ4v) is 4.43. The van der Waals surface area contributed by atoms with Crippen molar-refractivity contribution in [2.24, 2.45) is 0 Å². The summed E-state index contributed by atoms with van der Waals surface area (Å²) < 4.78 is 17.4. The maximum absolute atomic E-state index is 12.8. The van der Waals surface area contributed by atoms with E-state index in [4.69, 9.17) is 13.9 Å². The van der Waals surface area contributed by atoms with Gasteiger partial charge in [-0.15, -0.1) is 0 Å². The highest BCUT2D eigenvalue weighted by Gasteiger charge is 2.45. The molecule has 159 valence electrons. The zero-order valence-corrected chi connectivity index (χ0v) is 19.8. The van der Waals surface area contributed by atoms with E-state index in [0.717, 1.165) is 34.1 Å². The second-order valence-corrected chi connectivity index (χ2v) is 10.6. The van der Waals surface area contributed by atoms with Crippen LogP contribution in [0.15, 0.2) is 48.6 Å². The van der Waals surface area contributed by atoms with E-state index in [9.17, 15) is 4.79 Å². The lowest BCUT2D eigenvalue weighted by Crippen LogP contribution is -2.49. The first-order chi connectivity index (χ1) is 14.1. The van der Waals surface area contributed by atoms with Crippen LogP contribution in [0, 0.1) is 0 Å². The molecule has 30 heavy (non-hydrogen) atoms. The summed E-state index contributed by atoms with van der Waals surface area (Å²) in [5.41, 5.74) is 3.11. The fourth-order valence-electron chi connectivity index (χ4n) is 3.80. The molecule has 1 aliphatic heterocycles. The Bertz CT molecular complexity index is 960. The van der Waals surface area contributed by atoms with E-state index in [0.29, 0.717) is 5.57 Å². The molecule has 0 N–H and O–H groups in total. The number of methoxy groups -OCH3 is 2. The molecule has 1 radical (unpaired) electrons. The van der Waals surface area contributed by atoms with Gasteiger partial charge in [-0.25, -0.2) is 0 Å². The minimum atomic E-state index is -1.06. The molecule has 0 aliphatic carbocycles. The number of hydrogen-bond donors (Lipinski definition) is 0. The number of benzene rings is 2. The maximum Gasteiger partial charge on any atom is 0.274 e. The molecular formula is C24H30NO4Si. The van der Waals surface area contributed by atoms with Gasteiger partial charge in [0.15, 0.2) is 0 Å². The van der Waals surface area contributed by atoms with Crippen LogP contribution in [0.2, 0.25) is 13.1 Å². The summed E-state index contributed by atoms with van der Waals surface area (Å²) >= 11 is 0. The Morgan fingerprint density at radius 3 is 2.13 bits per heavy atom. The first-order valence-corrected chi connectivity index (χ1v) is 12.4. The third-order valence-electron chi connectivity index (χ3n) is 5.15. The summed E-state index contributed by atoms with van der Waals surface area (Å²) in [4.78, 5) is 14.5. The zero-order valence-electron chi connectivity index (χ0n) is 18.8. The van der Waals surface area contributed by atoms with Crippen molar-refractivity contribution in [1.82, 2.24) is 0 Å². The first-order valence-electron chi connectivity index (χ1n) is 9.96. The Balaban J connectivity index is 2.16. The average Bonchev–Trinajstić information content (AvgIpc) is 2.70. The summed E-state index contributed by atoms with van der Waals surface area (Å²) in [6.45, 7) is 14.7.